The molecule has 0 radical (unpaired) electrons. The molecule has 2 N–H and O–H groups in total. The van der Waals surface area contributed by atoms with Crippen molar-refractivity contribution in [2.45, 2.75) is 57.5 Å². The van der Waals surface area contributed by atoms with Crippen LogP contribution in [0.3, 0.4) is 0 Å². The standard InChI is InChI=1S/C16H14F2N6.C8H13F2N/c1-9-15-11(4-5-24(15)22-16(19)21-9)10-2-3-12-13(6-10)23(8-20-12)7-14(17)18;9-8(10)4-5-11(6-8)7-2-1-3-7/h2-6,8,14H,7H2,1H3,(H2,19,22);7H,1-6H2. The van der Waals surface area contributed by atoms with Crippen LogP contribution in [-0.2, 0) is 6.54 Å². The van der Waals surface area contributed by atoms with E-state index in [1.54, 1.807) is 10.7 Å². The van der Waals surface area contributed by atoms with Crippen molar-refractivity contribution in [1.82, 2.24) is 29.0 Å². The molecule has 0 unspecified atom stereocenters. The molecule has 11 heteroatoms. The number of anilines is 1. The van der Waals surface area contributed by atoms with E-state index >= 15 is 0 Å². The average Bonchev–Trinajstić information content (AvgIpc) is 3.44. The molecule has 4 aromatic rings. The van der Waals surface area contributed by atoms with Gasteiger partial charge in [0, 0.05) is 30.8 Å². The molecule has 1 saturated carbocycles. The first-order valence-corrected chi connectivity index (χ1v) is 11.7. The second kappa shape index (κ2) is 9.10. The lowest BCUT2D eigenvalue weighted by Crippen LogP contribution is -2.39. The lowest BCUT2D eigenvalue weighted by Gasteiger charge is -2.34. The van der Waals surface area contributed by atoms with E-state index in [0.717, 1.165) is 35.2 Å². The number of aryl methyl sites for hydroxylation is 1. The Morgan fingerprint density at radius 1 is 1.20 bits per heavy atom. The smallest absolute Gasteiger partial charge is 0.261 e. The molecule has 0 amide bonds. The Kier molecular flexibility index (Phi) is 6.12. The van der Waals surface area contributed by atoms with Crippen molar-refractivity contribution < 1.29 is 17.6 Å². The van der Waals surface area contributed by atoms with E-state index in [1.165, 1.54) is 17.3 Å². The predicted octanol–water partition coefficient (Wildman–Crippen LogP) is 4.78. The molecular formula is C24H27F4N7. The van der Waals surface area contributed by atoms with Crippen LogP contribution in [0.1, 0.15) is 31.4 Å². The number of hydrogen-bond donors (Lipinski definition) is 1. The number of benzene rings is 1. The maximum Gasteiger partial charge on any atom is 0.261 e. The van der Waals surface area contributed by atoms with Gasteiger partial charge < -0.3 is 10.3 Å². The molecule has 35 heavy (non-hydrogen) atoms. The molecule has 2 fully saturated rings. The van der Waals surface area contributed by atoms with E-state index in [0.29, 0.717) is 23.6 Å². The SMILES string of the molecule is Cc1nc(N)nn2ccc(-c3ccc4ncn(CC(F)F)c4c3)c12.FC1(F)CCN(C2CCC2)C1. The number of alkyl halides is 4. The highest BCUT2D eigenvalue weighted by Gasteiger charge is 2.41. The normalized spacial score (nSPS) is 18.2. The van der Waals surface area contributed by atoms with Gasteiger partial charge >= 0.3 is 0 Å². The molecule has 6 rings (SSSR count). The molecular weight excluding hydrogens is 462 g/mol. The number of hydrogen-bond acceptors (Lipinski definition) is 5. The van der Waals surface area contributed by atoms with Crippen molar-refractivity contribution in [3.63, 3.8) is 0 Å². The summed E-state index contributed by atoms with van der Waals surface area (Å²) in [5.41, 5.74) is 10.4. The van der Waals surface area contributed by atoms with Crippen LogP contribution in [0.5, 0.6) is 0 Å². The number of nitrogens with zero attached hydrogens (tertiary/aromatic N) is 6. The van der Waals surface area contributed by atoms with E-state index in [1.807, 2.05) is 36.1 Å². The Bertz CT molecular complexity index is 1340. The summed E-state index contributed by atoms with van der Waals surface area (Å²) in [6.45, 7) is 2.10. The lowest BCUT2D eigenvalue weighted by atomic mass is 9.92. The van der Waals surface area contributed by atoms with Gasteiger partial charge in [-0.05, 0) is 43.5 Å². The van der Waals surface area contributed by atoms with Gasteiger partial charge in [0.2, 0.25) is 5.95 Å². The van der Waals surface area contributed by atoms with E-state index in [2.05, 4.69) is 15.1 Å². The molecule has 186 valence electrons. The minimum Gasteiger partial charge on any atom is -0.367 e. The summed E-state index contributed by atoms with van der Waals surface area (Å²) in [5.74, 6) is -2.19. The number of likely N-dealkylation sites (tertiary alicyclic amines) is 1. The summed E-state index contributed by atoms with van der Waals surface area (Å²) in [4.78, 5) is 10.3. The van der Waals surface area contributed by atoms with Crippen LogP contribution in [0.4, 0.5) is 23.5 Å². The molecule has 3 aromatic heterocycles. The topological polar surface area (TPSA) is 77.3 Å². The van der Waals surface area contributed by atoms with Crippen LogP contribution < -0.4 is 5.73 Å². The number of fused-ring (bicyclic) bond motifs is 2. The van der Waals surface area contributed by atoms with Crippen LogP contribution in [0.2, 0.25) is 0 Å². The van der Waals surface area contributed by atoms with Crippen LogP contribution in [0.25, 0.3) is 27.7 Å². The Morgan fingerprint density at radius 2 is 2.00 bits per heavy atom. The first kappa shape index (κ1) is 23.5. The number of aromatic nitrogens is 5. The van der Waals surface area contributed by atoms with Gasteiger partial charge in [-0.1, -0.05) is 12.5 Å². The predicted molar refractivity (Wildman–Crippen MR) is 126 cm³/mol. The Balaban J connectivity index is 0.000000192. The monoisotopic (exact) mass is 489 g/mol. The quantitative estimate of drug-likeness (QED) is 0.418. The van der Waals surface area contributed by atoms with Crippen molar-refractivity contribution in [3.8, 4) is 11.1 Å². The van der Waals surface area contributed by atoms with Gasteiger partial charge in [0.25, 0.3) is 12.3 Å². The highest BCUT2D eigenvalue weighted by Crippen LogP contribution is 2.34. The molecule has 4 heterocycles. The van der Waals surface area contributed by atoms with Gasteiger partial charge in [-0.2, -0.15) is 0 Å². The summed E-state index contributed by atoms with van der Waals surface area (Å²) in [5, 5.41) is 4.16. The Hall–Kier alpha value is -3.21. The van der Waals surface area contributed by atoms with Crippen LogP contribution >= 0.6 is 0 Å². The number of halogens is 4. The van der Waals surface area contributed by atoms with Gasteiger partial charge in [-0.3, -0.25) is 4.90 Å². The second-order valence-electron chi connectivity index (χ2n) is 9.23. The third-order valence-corrected chi connectivity index (χ3v) is 6.76. The first-order valence-electron chi connectivity index (χ1n) is 11.7. The minimum absolute atomic E-state index is 0.0116. The van der Waals surface area contributed by atoms with Gasteiger partial charge in [-0.25, -0.2) is 32.0 Å². The largest absolute Gasteiger partial charge is 0.367 e. The number of nitrogens with two attached hydrogens (primary N) is 1. The van der Waals surface area contributed by atoms with Crippen molar-refractivity contribution in [3.05, 3.63) is 42.5 Å². The van der Waals surface area contributed by atoms with Gasteiger partial charge in [-0.15, -0.1) is 5.10 Å². The Morgan fingerprint density at radius 3 is 2.66 bits per heavy atom. The number of nitrogen functional groups attached to an aromatic ring is 1. The summed E-state index contributed by atoms with van der Waals surface area (Å²) in [7, 11) is 0. The molecule has 1 aromatic carbocycles. The van der Waals surface area contributed by atoms with Gasteiger partial charge in [0.1, 0.15) is 0 Å². The molecule has 1 aliphatic heterocycles. The van der Waals surface area contributed by atoms with E-state index in [4.69, 9.17) is 5.73 Å². The van der Waals surface area contributed by atoms with Crippen LogP contribution in [0, 0.1) is 6.92 Å². The van der Waals surface area contributed by atoms with Crippen molar-refractivity contribution in [1.29, 1.82) is 0 Å². The van der Waals surface area contributed by atoms with Gasteiger partial charge in [0.05, 0.1) is 41.7 Å². The highest BCUT2D eigenvalue weighted by atomic mass is 19.3. The van der Waals surface area contributed by atoms with E-state index in [9.17, 15) is 17.6 Å². The fourth-order valence-corrected chi connectivity index (χ4v) is 4.80. The van der Waals surface area contributed by atoms with Crippen LogP contribution in [0.15, 0.2) is 36.8 Å². The van der Waals surface area contributed by atoms with E-state index < -0.39 is 12.3 Å². The molecule has 0 bridgehead atoms. The van der Waals surface area contributed by atoms with Crippen molar-refractivity contribution in [2.24, 2.45) is 0 Å². The molecule has 0 atom stereocenters. The second-order valence-corrected chi connectivity index (χ2v) is 9.23. The number of rotatable bonds is 4. The van der Waals surface area contributed by atoms with E-state index in [-0.39, 0.29) is 25.5 Å². The molecule has 1 aliphatic carbocycles. The maximum atomic E-state index is 12.7. The molecule has 1 saturated heterocycles. The molecule has 2 aliphatic rings. The Labute approximate surface area is 199 Å². The lowest BCUT2D eigenvalue weighted by molar-refractivity contribution is 0.00252. The highest BCUT2D eigenvalue weighted by molar-refractivity contribution is 5.88. The summed E-state index contributed by atoms with van der Waals surface area (Å²) in [6.07, 6.45) is 4.38. The minimum atomic E-state index is -2.43. The average molecular weight is 490 g/mol. The fourth-order valence-electron chi connectivity index (χ4n) is 4.80. The summed E-state index contributed by atoms with van der Waals surface area (Å²) in [6, 6.07) is 7.99. The maximum absolute atomic E-state index is 12.7. The fraction of sp³-hybridized carbons (Fsp3) is 0.458. The molecule has 7 nitrogen and oxygen atoms in total. The summed E-state index contributed by atoms with van der Waals surface area (Å²) < 4.78 is 53.9. The van der Waals surface area contributed by atoms with Crippen LogP contribution in [-0.4, -0.2) is 60.5 Å². The van der Waals surface area contributed by atoms with Gasteiger partial charge in [0.15, 0.2) is 0 Å². The third kappa shape index (κ3) is 4.82. The number of imidazole rings is 1. The third-order valence-electron chi connectivity index (χ3n) is 6.76. The first-order chi connectivity index (χ1) is 16.7. The zero-order valence-corrected chi connectivity index (χ0v) is 19.3. The zero-order valence-electron chi connectivity index (χ0n) is 19.3. The van der Waals surface area contributed by atoms with Crippen molar-refractivity contribution in [2.75, 3.05) is 18.8 Å². The summed E-state index contributed by atoms with van der Waals surface area (Å²) >= 11 is 0. The molecule has 0 spiro atoms. The zero-order chi connectivity index (χ0) is 24.7. The van der Waals surface area contributed by atoms with Crippen molar-refractivity contribution >= 4 is 22.5 Å².